The van der Waals surface area contributed by atoms with Crippen molar-refractivity contribution in [2.24, 2.45) is 5.41 Å². The molecule has 2 fully saturated rings. The topological polar surface area (TPSA) is 128 Å². The Labute approximate surface area is 221 Å². The van der Waals surface area contributed by atoms with Gasteiger partial charge in [0.05, 0.1) is 18.6 Å². The van der Waals surface area contributed by atoms with Crippen molar-refractivity contribution in [2.45, 2.75) is 25.7 Å². The molecule has 0 bridgehead atoms. The van der Waals surface area contributed by atoms with Gasteiger partial charge >= 0.3 is 0 Å². The van der Waals surface area contributed by atoms with E-state index in [4.69, 9.17) is 15.5 Å². The molecule has 2 saturated heterocycles. The number of nitrogen functional groups attached to an aromatic ring is 1. The van der Waals surface area contributed by atoms with Gasteiger partial charge in [-0.3, -0.25) is 19.3 Å². The molecule has 3 aromatic heterocycles. The third-order valence-electron chi connectivity index (χ3n) is 7.18. The van der Waals surface area contributed by atoms with Crippen LogP contribution in [0.15, 0.2) is 42.2 Å². The summed E-state index contributed by atoms with van der Waals surface area (Å²) in [5.41, 5.74) is 6.98. The molecule has 12 heteroatoms. The molecule has 4 aromatic rings. The molecule has 0 spiro atoms. The molecule has 1 aromatic carbocycles. The highest BCUT2D eigenvalue weighted by atomic mass is 32.1. The number of carbonyl (C=O) groups excluding carboxylic acids is 2. The van der Waals surface area contributed by atoms with E-state index in [1.807, 2.05) is 16.2 Å². The van der Waals surface area contributed by atoms with Crippen LogP contribution >= 0.6 is 11.3 Å². The van der Waals surface area contributed by atoms with Gasteiger partial charge in [0.15, 0.2) is 5.13 Å². The van der Waals surface area contributed by atoms with E-state index in [0.29, 0.717) is 48.5 Å². The molecule has 0 unspecified atom stereocenters. The van der Waals surface area contributed by atoms with Crippen molar-refractivity contribution in [1.82, 2.24) is 24.3 Å². The van der Waals surface area contributed by atoms with E-state index in [-0.39, 0.29) is 28.8 Å². The maximum atomic E-state index is 15.5. The number of hydrogen-bond acceptors (Lipinski definition) is 8. The quantitative estimate of drug-likeness (QED) is 0.400. The van der Waals surface area contributed by atoms with Gasteiger partial charge in [0.25, 0.3) is 5.91 Å². The Bertz CT molecular complexity index is 1530. The fraction of sp³-hybridized carbons (Fsp3) is 0.346. The number of rotatable bonds is 5. The second kappa shape index (κ2) is 9.44. The lowest BCUT2D eigenvalue weighted by atomic mass is 9.85. The first-order chi connectivity index (χ1) is 18.3. The summed E-state index contributed by atoms with van der Waals surface area (Å²) in [6, 6.07) is 4.25. The monoisotopic (exact) mass is 535 g/mol. The molecular formula is C26H26FN7O3S. The Morgan fingerprint density at radius 1 is 1.26 bits per heavy atom. The fourth-order valence-corrected chi connectivity index (χ4v) is 5.68. The number of hydrogen-bond donors (Lipinski definition) is 2. The number of likely N-dealkylation sites (tertiary alicyclic amines) is 1. The number of nitrogens with one attached hydrogen (secondary N) is 1. The first kappa shape index (κ1) is 24.4. The molecule has 3 N–H and O–H groups in total. The number of imidazole rings is 1. The summed E-state index contributed by atoms with van der Waals surface area (Å²) in [5.74, 6) is -0.125. The predicted molar refractivity (Wildman–Crippen MR) is 140 cm³/mol. The third kappa shape index (κ3) is 4.19. The number of fused-ring (bicyclic) bond motifs is 1. The SMILES string of the molecule is CC1(C(=O)N2CCC[C@@H](c3nc(-c4ccc(C(=O)Nc5nccs5)cc4F)c4c(N)nccn34)C2)COC1. The largest absolute Gasteiger partial charge is 0.382 e. The fourth-order valence-electron chi connectivity index (χ4n) is 5.15. The van der Waals surface area contributed by atoms with Gasteiger partial charge in [-0.15, -0.1) is 11.3 Å². The molecule has 5 heterocycles. The number of amides is 2. The lowest BCUT2D eigenvalue weighted by Gasteiger charge is -2.42. The number of nitrogens with zero attached hydrogens (tertiary/aromatic N) is 5. The Morgan fingerprint density at radius 2 is 2.11 bits per heavy atom. The Morgan fingerprint density at radius 3 is 2.82 bits per heavy atom. The first-order valence-corrected chi connectivity index (χ1v) is 13.2. The van der Waals surface area contributed by atoms with Gasteiger partial charge in [0.1, 0.15) is 28.7 Å². The van der Waals surface area contributed by atoms with Crippen molar-refractivity contribution in [3.05, 3.63) is 59.4 Å². The Kier molecular flexibility index (Phi) is 6.07. The van der Waals surface area contributed by atoms with Crippen LogP contribution < -0.4 is 11.1 Å². The summed E-state index contributed by atoms with van der Waals surface area (Å²) >= 11 is 1.28. The molecule has 1 atom stereocenters. The average molecular weight is 536 g/mol. The van der Waals surface area contributed by atoms with Crippen molar-refractivity contribution < 1.29 is 18.7 Å². The summed E-state index contributed by atoms with van der Waals surface area (Å²) < 4.78 is 22.6. The molecule has 196 valence electrons. The van der Waals surface area contributed by atoms with Gasteiger partial charge in [-0.25, -0.2) is 19.3 Å². The molecule has 2 aliphatic heterocycles. The number of carbonyl (C=O) groups is 2. The maximum Gasteiger partial charge on any atom is 0.257 e. The van der Waals surface area contributed by atoms with Gasteiger partial charge in [-0.05, 0) is 38.0 Å². The van der Waals surface area contributed by atoms with Crippen molar-refractivity contribution in [2.75, 3.05) is 37.4 Å². The van der Waals surface area contributed by atoms with Crippen molar-refractivity contribution in [3.8, 4) is 11.3 Å². The molecule has 10 nitrogen and oxygen atoms in total. The van der Waals surface area contributed by atoms with Crippen LogP contribution in [-0.2, 0) is 9.53 Å². The van der Waals surface area contributed by atoms with E-state index >= 15 is 4.39 Å². The molecule has 38 heavy (non-hydrogen) atoms. The minimum absolute atomic E-state index is 0.0632. The molecule has 0 saturated carbocycles. The van der Waals surface area contributed by atoms with E-state index in [1.54, 1.807) is 30.0 Å². The van der Waals surface area contributed by atoms with Crippen molar-refractivity contribution >= 4 is 39.6 Å². The molecule has 2 aliphatic rings. The Hall–Kier alpha value is -3.90. The van der Waals surface area contributed by atoms with Gasteiger partial charge in [-0.1, -0.05) is 0 Å². The number of anilines is 2. The van der Waals surface area contributed by atoms with Crippen molar-refractivity contribution in [3.63, 3.8) is 0 Å². The second-order valence-electron chi connectivity index (χ2n) is 9.98. The van der Waals surface area contributed by atoms with Gasteiger partial charge in [-0.2, -0.15) is 0 Å². The van der Waals surface area contributed by atoms with Crippen LogP contribution in [0.1, 0.15) is 41.9 Å². The smallest absolute Gasteiger partial charge is 0.257 e. The van der Waals surface area contributed by atoms with Gasteiger partial charge in [0.2, 0.25) is 5.91 Å². The van der Waals surface area contributed by atoms with Crippen LogP contribution in [0.5, 0.6) is 0 Å². The summed E-state index contributed by atoms with van der Waals surface area (Å²) in [5, 5.41) is 4.83. The summed E-state index contributed by atoms with van der Waals surface area (Å²) in [4.78, 5) is 40.7. The number of nitrogens with two attached hydrogens (primary N) is 1. The standard InChI is InChI=1S/C26H26FN7O3S/c1-26(13-37-14-26)24(36)33-8-2-3-16(12-33)22-31-19(20-21(28)29-6-9-34(20)22)17-5-4-15(11-18(17)27)23(35)32-25-30-7-10-38-25/h4-7,9-11,16H,2-3,8,12-14H2,1H3,(H2,28,29)(H,30,32,35)/t16-/m1/s1. The third-order valence-corrected chi connectivity index (χ3v) is 7.87. The minimum atomic E-state index is -0.607. The zero-order valence-electron chi connectivity index (χ0n) is 20.7. The first-order valence-electron chi connectivity index (χ1n) is 12.3. The normalized spacial score (nSPS) is 18.8. The summed E-state index contributed by atoms with van der Waals surface area (Å²) in [6.07, 6.45) is 6.57. The van der Waals surface area contributed by atoms with Crippen LogP contribution in [0.4, 0.5) is 15.3 Å². The van der Waals surface area contributed by atoms with Crippen LogP contribution in [0.25, 0.3) is 16.8 Å². The molecule has 6 rings (SSSR count). The lowest BCUT2D eigenvalue weighted by molar-refractivity contribution is -0.169. The number of benzene rings is 1. The summed E-state index contributed by atoms with van der Waals surface area (Å²) in [6.45, 7) is 3.99. The van der Waals surface area contributed by atoms with E-state index < -0.39 is 17.1 Å². The zero-order chi connectivity index (χ0) is 26.4. The minimum Gasteiger partial charge on any atom is -0.382 e. The van der Waals surface area contributed by atoms with Gasteiger partial charge < -0.3 is 15.4 Å². The van der Waals surface area contributed by atoms with E-state index in [2.05, 4.69) is 15.3 Å². The number of ether oxygens (including phenoxy) is 1. The van der Waals surface area contributed by atoms with Crippen molar-refractivity contribution in [1.29, 1.82) is 0 Å². The highest BCUT2D eigenvalue weighted by Crippen LogP contribution is 2.37. The van der Waals surface area contributed by atoms with Crippen LogP contribution in [0.2, 0.25) is 0 Å². The maximum absolute atomic E-state index is 15.5. The predicted octanol–water partition coefficient (Wildman–Crippen LogP) is 3.57. The molecule has 0 radical (unpaired) electrons. The number of piperidine rings is 1. The molecular weight excluding hydrogens is 509 g/mol. The zero-order valence-corrected chi connectivity index (χ0v) is 21.5. The molecule has 2 amide bonds. The van der Waals surface area contributed by atoms with Gasteiger partial charge in [0, 0.05) is 54.1 Å². The van der Waals surface area contributed by atoms with Crippen LogP contribution in [0, 0.1) is 11.2 Å². The highest BCUT2D eigenvalue weighted by molar-refractivity contribution is 7.13. The summed E-state index contributed by atoms with van der Waals surface area (Å²) in [7, 11) is 0. The van der Waals surface area contributed by atoms with E-state index in [9.17, 15) is 9.59 Å². The average Bonchev–Trinajstić information content (AvgIpc) is 3.55. The second-order valence-corrected chi connectivity index (χ2v) is 10.9. The number of halogens is 1. The molecule has 0 aliphatic carbocycles. The van der Waals surface area contributed by atoms with Crippen LogP contribution in [0.3, 0.4) is 0 Å². The van der Waals surface area contributed by atoms with Crippen LogP contribution in [-0.4, -0.2) is 62.4 Å². The number of thiazole rings is 1. The Balaban J connectivity index is 1.34. The van der Waals surface area contributed by atoms with E-state index in [1.165, 1.54) is 23.5 Å². The lowest BCUT2D eigenvalue weighted by Crippen LogP contribution is -2.55. The number of aromatic nitrogens is 4. The van der Waals surface area contributed by atoms with E-state index in [0.717, 1.165) is 12.8 Å². The highest BCUT2D eigenvalue weighted by Gasteiger charge is 2.44.